The van der Waals surface area contributed by atoms with E-state index in [1.807, 2.05) is 30.3 Å². The van der Waals surface area contributed by atoms with Gasteiger partial charge in [0.15, 0.2) is 11.6 Å². The van der Waals surface area contributed by atoms with Crippen molar-refractivity contribution in [1.82, 2.24) is 0 Å². The maximum atomic E-state index is 14.5. The third kappa shape index (κ3) is 3.35. The maximum Gasteiger partial charge on any atom is 0.325 e. The van der Waals surface area contributed by atoms with Crippen molar-refractivity contribution in [2.24, 2.45) is 5.73 Å². The Morgan fingerprint density at radius 1 is 1.23 bits per heavy atom. The molecule has 5 nitrogen and oxygen atoms in total. The van der Waals surface area contributed by atoms with Crippen LogP contribution in [0.2, 0.25) is 0 Å². The Bertz CT molecular complexity index is 661. The van der Waals surface area contributed by atoms with E-state index in [1.165, 1.54) is 19.2 Å². The van der Waals surface area contributed by atoms with E-state index in [0.717, 1.165) is 5.56 Å². The van der Waals surface area contributed by atoms with Crippen LogP contribution in [0, 0.1) is 5.82 Å². The largest absolute Gasteiger partial charge is 0.496 e. The van der Waals surface area contributed by atoms with Gasteiger partial charge in [-0.15, -0.1) is 0 Å². The lowest BCUT2D eigenvalue weighted by Crippen LogP contribution is -2.23. The van der Waals surface area contributed by atoms with Crippen LogP contribution in [0.1, 0.15) is 17.2 Å². The second-order valence-corrected chi connectivity index (χ2v) is 4.58. The van der Waals surface area contributed by atoms with Gasteiger partial charge < -0.3 is 20.3 Å². The molecule has 116 valence electrons. The quantitative estimate of drug-likeness (QED) is 0.857. The van der Waals surface area contributed by atoms with Crippen molar-refractivity contribution in [2.45, 2.75) is 12.6 Å². The number of hydrogen-bond acceptors (Lipinski definition) is 4. The molecule has 0 aromatic heterocycles. The van der Waals surface area contributed by atoms with Gasteiger partial charge in [0.1, 0.15) is 18.4 Å². The van der Waals surface area contributed by atoms with Crippen molar-refractivity contribution < 1.29 is 23.8 Å². The lowest BCUT2D eigenvalue weighted by Gasteiger charge is -2.16. The lowest BCUT2D eigenvalue weighted by molar-refractivity contribution is -0.138. The Balaban J connectivity index is 2.29. The van der Waals surface area contributed by atoms with Crippen molar-refractivity contribution >= 4 is 5.97 Å². The zero-order valence-electron chi connectivity index (χ0n) is 12.0. The average molecular weight is 305 g/mol. The summed E-state index contributed by atoms with van der Waals surface area (Å²) in [6.45, 7) is 0.159. The van der Waals surface area contributed by atoms with E-state index in [-0.39, 0.29) is 23.7 Å². The van der Waals surface area contributed by atoms with E-state index in [9.17, 15) is 9.18 Å². The van der Waals surface area contributed by atoms with E-state index >= 15 is 0 Å². The molecule has 0 heterocycles. The summed E-state index contributed by atoms with van der Waals surface area (Å²) in [5, 5.41) is 8.99. The zero-order chi connectivity index (χ0) is 16.1. The number of halogens is 1. The summed E-state index contributed by atoms with van der Waals surface area (Å²) in [6.07, 6.45) is 0. The molecule has 0 aliphatic carbocycles. The van der Waals surface area contributed by atoms with Crippen LogP contribution in [0.4, 0.5) is 4.39 Å². The molecule has 0 radical (unpaired) electrons. The fourth-order valence-electron chi connectivity index (χ4n) is 1.99. The lowest BCUT2D eigenvalue weighted by atomic mass is 10.1. The molecular formula is C16H16FNO4. The van der Waals surface area contributed by atoms with Crippen molar-refractivity contribution in [1.29, 1.82) is 0 Å². The van der Waals surface area contributed by atoms with Gasteiger partial charge in [0.05, 0.1) is 12.7 Å². The molecule has 2 rings (SSSR count). The van der Waals surface area contributed by atoms with E-state index in [0.29, 0.717) is 0 Å². The number of carbonyl (C=O) groups is 1. The summed E-state index contributed by atoms with van der Waals surface area (Å²) < 4.78 is 24.9. The van der Waals surface area contributed by atoms with Gasteiger partial charge in [0.2, 0.25) is 0 Å². The molecule has 1 unspecified atom stereocenters. The van der Waals surface area contributed by atoms with Crippen molar-refractivity contribution in [2.75, 3.05) is 7.11 Å². The molecule has 0 bridgehead atoms. The third-order valence-corrected chi connectivity index (χ3v) is 3.14. The fourth-order valence-corrected chi connectivity index (χ4v) is 1.99. The third-order valence-electron chi connectivity index (χ3n) is 3.14. The Morgan fingerprint density at radius 2 is 1.86 bits per heavy atom. The Morgan fingerprint density at radius 3 is 2.45 bits per heavy atom. The van der Waals surface area contributed by atoms with Gasteiger partial charge in [-0.2, -0.15) is 0 Å². The summed E-state index contributed by atoms with van der Waals surface area (Å²) in [5.41, 5.74) is 6.14. The minimum atomic E-state index is -1.53. The number of rotatable bonds is 6. The van der Waals surface area contributed by atoms with Crippen molar-refractivity contribution in [3.63, 3.8) is 0 Å². The topological polar surface area (TPSA) is 81.8 Å². The molecule has 1 atom stereocenters. The molecule has 6 heteroatoms. The normalized spacial score (nSPS) is 11.8. The predicted octanol–water partition coefficient (Wildman–Crippen LogP) is 2.50. The Labute approximate surface area is 127 Å². The molecule has 0 aliphatic heterocycles. The number of ether oxygens (including phenoxy) is 2. The smallest absolute Gasteiger partial charge is 0.325 e. The molecule has 2 aromatic carbocycles. The molecule has 0 aliphatic rings. The van der Waals surface area contributed by atoms with Gasteiger partial charge in [-0.1, -0.05) is 30.3 Å². The summed E-state index contributed by atoms with van der Waals surface area (Å²) in [7, 11) is 1.32. The average Bonchev–Trinajstić information content (AvgIpc) is 2.53. The molecule has 0 fully saturated rings. The minimum absolute atomic E-state index is 0.0689. The molecule has 0 saturated carbocycles. The van der Waals surface area contributed by atoms with E-state index in [1.54, 1.807) is 0 Å². The van der Waals surface area contributed by atoms with E-state index < -0.39 is 17.8 Å². The molecule has 0 spiro atoms. The second-order valence-electron chi connectivity index (χ2n) is 4.58. The number of carboxylic acids is 1. The highest BCUT2D eigenvalue weighted by Crippen LogP contribution is 2.33. The summed E-state index contributed by atoms with van der Waals surface area (Å²) in [4.78, 5) is 11.0. The number of benzene rings is 2. The van der Waals surface area contributed by atoms with E-state index in [2.05, 4.69) is 0 Å². The standard InChI is InChI=1S/C16H16FNO4/c1-21-11-7-8-12(14(17)13(11)15(18)16(19)20)22-9-10-5-3-2-4-6-10/h2-8,15H,9,18H2,1H3,(H,19,20). The predicted molar refractivity (Wildman–Crippen MR) is 78.3 cm³/mol. The Hall–Kier alpha value is -2.60. The molecule has 3 N–H and O–H groups in total. The van der Waals surface area contributed by atoms with Crippen molar-refractivity contribution in [3.8, 4) is 11.5 Å². The number of nitrogens with two attached hydrogens (primary N) is 1. The minimum Gasteiger partial charge on any atom is -0.496 e. The summed E-state index contributed by atoms with van der Waals surface area (Å²) in [6, 6.07) is 10.5. The van der Waals surface area contributed by atoms with Crippen LogP contribution in [0.15, 0.2) is 42.5 Å². The zero-order valence-corrected chi connectivity index (χ0v) is 12.0. The first-order valence-corrected chi connectivity index (χ1v) is 6.56. The highest BCUT2D eigenvalue weighted by molar-refractivity contribution is 5.76. The summed E-state index contributed by atoms with van der Waals surface area (Å²) >= 11 is 0. The van der Waals surface area contributed by atoms with Gasteiger partial charge in [-0.3, -0.25) is 4.79 Å². The molecule has 22 heavy (non-hydrogen) atoms. The second kappa shape index (κ2) is 6.91. The van der Waals surface area contributed by atoms with E-state index in [4.69, 9.17) is 20.3 Å². The molecule has 0 saturated heterocycles. The van der Waals surface area contributed by atoms with Gasteiger partial charge in [0.25, 0.3) is 0 Å². The van der Waals surface area contributed by atoms with Crippen LogP contribution in [0.5, 0.6) is 11.5 Å². The van der Waals surface area contributed by atoms with Crippen LogP contribution >= 0.6 is 0 Å². The highest BCUT2D eigenvalue weighted by Gasteiger charge is 2.25. The first-order valence-electron chi connectivity index (χ1n) is 6.56. The first-order chi connectivity index (χ1) is 10.5. The monoisotopic (exact) mass is 305 g/mol. The van der Waals surface area contributed by atoms with Crippen LogP contribution in [-0.2, 0) is 11.4 Å². The molecule has 2 aromatic rings. The SMILES string of the molecule is COc1ccc(OCc2ccccc2)c(F)c1C(N)C(=O)O. The summed E-state index contributed by atoms with van der Waals surface area (Å²) in [5.74, 6) is -2.18. The molecule has 0 amide bonds. The van der Waals surface area contributed by atoms with Gasteiger partial charge in [0, 0.05) is 0 Å². The first kappa shape index (κ1) is 15.8. The van der Waals surface area contributed by atoms with Crippen LogP contribution in [0.25, 0.3) is 0 Å². The molecular weight excluding hydrogens is 289 g/mol. The van der Waals surface area contributed by atoms with Crippen LogP contribution in [-0.4, -0.2) is 18.2 Å². The van der Waals surface area contributed by atoms with Gasteiger partial charge >= 0.3 is 5.97 Å². The number of carboxylic acid groups (broad SMARTS) is 1. The fraction of sp³-hybridized carbons (Fsp3) is 0.188. The van der Waals surface area contributed by atoms with Gasteiger partial charge in [-0.25, -0.2) is 4.39 Å². The van der Waals surface area contributed by atoms with Crippen molar-refractivity contribution in [3.05, 3.63) is 59.4 Å². The highest BCUT2D eigenvalue weighted by atomic mass is 19.1. The number of aliphatic carboxylic acids is 1. The maximum absolute atomic E-state index is 14.5. The number of methoxy groups -OCH3 is 1. The Kier molecular flexibility index (Phi) is 4.95. The van der Waals surface area contributed by atoms with Gasteiger partial charge in [-0.05, 0) is 17.7 Å². The van der Waals surface area contributed by atoms with Crippen LogP contribution in [0.3, 0.4) is 0 Å². The number of hydrogen-bond donors (Lipinski definition) is 2. The van der Waals surface area contributed by atoms with Crippen LogP contribution < -0.4 is 15.2 Å².